The van der Waals surface area contributed by atoms with Crippen LogP contribution in [0.2, 0.25) is 0 Å². The molecule has 0 bridgehead atoms. The van der Waals surface area contributed by atoms with Crippen molar-refractivity contribution in [1.82, 2.24) is 16.0 Å². The molecule has 0 heterocycles. The summed E-state index contributed by atoms with van der Waals surface area (Å²) in [6.07, 6.45) is 15.1. The Morgan fingerprint density at radius 3 is 1.71 bits per heavy atom. The molecule has 5 heteroatoms. The zero-order valence-electron chi connectivity index (χ0n) is 19.3. The van der Waals surface area contributed by atoms with Crippen molar-refractivity contribution in [3.8, 4) is 0 Å². The molecule has 5 N–H and O–H groups in total. The van der Waals surface area contributed by atoms with Crippen LogP contribution in [0.5, 0.6) is 0 Å². The van der Waals surface area contributed by atoms with Gasteiger partial charge in [-0.05, 0) is 27.2 Å². The van der Waals surface area contributed by atoms with E-state index in [2.05, 4.69) is 36.7 Å². The molecule has 3 unspecified atom stereocenters. The number of carbonyl (C=O) groups is 1. The van der Waals surface area contributed by atoms with Gasteiger partial charge in [-0.3, -0.25) is 4.79 Å². The lowest BCUT2D eigenvalue weighted by Crippen LogP contribution is -2.46. The number of amides is 1. The summed E-state index contributed by atoms with van der Waals surface area (Å²) in [5, 5.41) is 9.90. The summed E-state index contributed by atoms with van der Waals surface area (Å²) in [4.78, 5) is 12.0. The van der Waals surface area contributed by atoms with Crippen molar-refractivity contribution in [3.05, 3.63) is 0 Å². The van der Waals surface area contributed by atoms with Crippen molar-refractivity contribution in [3.63, 3.8) is 0 Å². The minimum absolute atomic E-state index is 0.176. The van der Waals surface area contributed by atoms with Crippen molar-refractivity contribution < 1.29 is 4.79 Å². The second kappa shape index (κ2) is 19.7. The summed E-state index contributed by atoms with van der Waals surface area (Å²) in [5.74, 6) is 0.188. The van der Waals surface area contributed by atoms with Gasteiger partial charge in [0.1, 0.15) is 0 Å². The van der Waals surface area contributed by atoms with Gasteiger partial charge in [0.25, 0.3) is 0 Å². The van der Waals surface area contributed by atoms with E-state index < -0.39 is 0 Å². The van der Waals surface area contributed by atoms with Crippen LogP contribution < -0.4 is 21.7 Å². The Morgan fingerprint density at radius 1 is 0.714 bits per heavy atom. The second-order valence-corrected chi connectivity index (χ2v) is 8.69. The molecule has 0 saturated heterocycles. The minimum Gasteiger partial charge on any atom is -0.355 e. The number of hydrogen-bond donors (Lipinski definition) is 4. The molecule has 28 heavy (non-hydrogen) atoms. The number of nitrogens with two attached hydrogens (primary N) is 1. The van der Waals surface area contributed by atoms with Crippen molar-refractivity contribution >= 4 is 5.91 Å². The van der Waals surface area contributed by atoms with Crippen LogP contribution in [0.25, 0.3) is 0 Å². The average Bonchev–Trinajstić information content (AvgIpc) is 2.67. The number of unbranched alkanes of at least 4 members (excludes halogenated alkanes) is 10. The van der Waals surface area contributed by atoms with Gasteiger partial charge >= 0.3 is 0 Å². The van der Waals surface area contributed by atoms with Crippen molar-refractivity contribution in [2.24, 2.45) is 5.73 Å². The van der Waals surface area contributed by atoms with Gasteiger partial charge in [-0.1, -0.05) is 71.1 Å². The summed E-state index contributed by atoms with van der Waals surface area (Å²) >= 11 is 0. The molecule has 3 atom stereocenters. The minimum atomic E-state index is 0.176. The predicted molar refractivity (Wildman–Crippen MR) is 123 cm³/mol. The highest BCUT2D eigenvalue weighted by Gasteiger charge is 2.08. The molecule has 0 aromatic rings. The Balaban J connectivity index is 3.42. The van der Waals surface area contributed by atoms with Gasteiger partial charge in [-0.15, -0.1) is 0 Å². The lowest BCUT2D eigenvalue weighted by atomic mass is 10.1. The smallest absolute Gasteiger partial charge is 0.220 e. The van der Waals surface area contributed by atoms with Crippen molar-refractivity contribution in [1.29, 1.82) is 0 Å². The summed E-state index contributed by atoms with van der Waals surface area (Å²) in [6.45, 7) is 10.9. The molecule has 0 aromatic carbocycles. The Bertz CT molecular complexity index is 349. The molecule has 0 aromatic heterocycles. The summed E-state index contributed by atoms with van der Waals surface area (Å²) in [7, 11) is 0. The van der Waals surface area contributed by atoms with Crippen molar-refractivity contribution in [2.75, 3.05) is 19.6 Å². The fraction of sp³-hybridized carbons (Fsp3) is 0.957. The maximum Gasteiger partial charge on any atom is 0.220 e. The third kappa shape index (κ3) is 20.1. The Hall–Kier alpha value is -0.650. The number of nitrogens with one attached hydrogen (secondary N) is 3. The van der Waals surface area contributed by atoms with Crippen molar-refractivity contribution in [2.45, 2.75) is 123 Å². The largest absolute Gasteiger partial charge is 0.355 e. The Labute approximate surface area is 175 Å². The van der Waals surface area contributed by atoms with Crippen LogP contribution in [0, 0.1) is 0 Å². The normalized spacial score (nSPS) is 14.6. The van der Waals surface area contributed by atoms with E-state index in [9.17, 15) is 4.79 Å². The molecular formula is C23H50N4O. The lowest BCUT2D eigenvalue weighted by molar-refractivity contribution is -0.121. The third-order valence-electron chi connectivity index (χ3n) is 5.17. The van der Waals surface area contributed by atoms with Crippen LogP contribution >= 0.6 is 0 Å². The summed E-state index contributed by atoms with van der Waals surface area (Å²) < 4.78 is 0. The van der Waals surface area contributed by atoms with E-state index in [1.165, 1.54) is 64.2 Å². The molecule has 0 saturated carbocycles. The fourth-order valence-corrected chi connectivity index (χ4v) is 3.21. The molecule has 0 aliphatic carbocycles. The molecule has 1 amide bonds. The highest BCUT2D eigenvalue weighted by Crippen LogP contribution is 2.11. The number of rotatable bonds is 20. The highest BCUT2D eigenvalue weighted by atomic mass is 16.1. The van der Waals surface area contributed by atoms with E-state index in [1.807, 2.05) is 6.92 Å². The molecular weight excluding hydrogens is 348 g/mol. The molecule has 0 aliphatic rings. The first-order valence-corrected chi connectivity index (χ1v) is 11.9. The fourth-order valence-electron chi connectivity index (χ4n) is 3.21. The summed E-state index contributed by atoms with van der Waals surface area (Å²) in [6, 6.07) is 0.830. The highest BCUT2D eigenvalue weighted by molar-refractivity contribution is 5.75. The first-order valence-electron chi connectivity index (χ1n) is 11.9. The van der Waals surface area contributed by atoms with E-state index >= 15 is 0 Å². The van der Waals surface area contributed by atoms with Gasteiger partial charge in [0.15, 0.2) is 0 Å². The number of hydrogen-bond acceptors (Lipinski definition) is 4. The monoisotopic (exact) mass is 398 g/mol. The Kier molecular flexibility index (Phi) is 19.2. The van der Waals surface area contributed by atoms with Crippen LogP contribution in [0.4, 0.5) is 0 Å². The first-order chi connectivity index (χ1) is 13.5. The molecule has 5 nitrogen and oxygen atoms in total. The van der Waals surface area contributed by atoms with Gasteiger partial charge in [-0.2, -0.15) is 0 Å². The molecule has 0 fully saturated rings. The summed E-state index contributed by atoms with van der Waals surface area (Å²) in [5.41, 5.74) is 5.75. The van der Waals surface area contributed by atoms with E-state index in [1.54, 1.807) is 0 Å². The molecule has 168 valence electrons. The lowest BCUT2D eigenvalue weighted by Gasteiger charge is -2.20. The van der Waals surface area contributed by atoms with E-state index in [4.69, 9.17) is 5.73 Å². The van der Waals surface area contributed by atoms with Crippen LogP contribution in [0.1, 0.15) is 105 Å². The van der Waals surface area contributed by atoms with E-state index in [-0.39, 0.29) is 18.0 Å². The predicted octanol–water partition coefficient (Wildman–Crippen LogP) is 4.11. The zero-order chi connectivity index (χ0) is 21.0. The standard InChI is InChI=1S/C23H50N4O/c1-5-6-7-8-9-10-11-12-13-14-15-16-23(28)27-19-22(4)26-18-21(3)25-17-20(2)24/h20-22,25-26H,5-19,24H2,1-4H3,(H,27,28). The molecule has 0 rings (SSSR count). The average molecular weight is 399 g/mol. The third-order valence-corrected chi connectivity index (χ3v) is 5.17. The van der Waals surface area contributed by atoms with E-state index in [0.29, 0.717) is 19.0 Å². The zero-order valence-corrected chi connectivity index (χ0v) is 19.3. The van der Waals surface area contributed by atoms with Gasteiger partial charge in [0.05, 0.1) is 0 Å². The molecule has 0 aliphatic heterocycles. The maximum atomic E-state index is 12.0. The van der Waals surface area contributed by atoms with Crippen LogP contribution in [0.15, 0.2) is 0 Å². The van der Waals surface area contributed by atoms with Crippen LogP contribution in [0.3, 0.4) is 0 Å². The van der Waals surface area contributed by atoms with E-state index in [0.717, 1.165) is 19.5 Å². The Morgan fingerprint density at radius 2 is 1.18 bits per heavy atom. The quantitative estimate of drug-likeness (QED) is 0.233. The topological polar surface area (TPSA) is 79.2 Å². The van der Waals surface area contributed by atoms with Gasteiger partial charge in [-0.25, -0.2) is 0 Å². The first kappa shape index (κ1) is 27.4. The van der Waals surface area contributed by atoms with Crippen LogP contribution in [-0.4, -0.2) is 43.7 Å². The van der Waals surface area contributed by atoms with Gasteiger partial charge < -0.3 is 21.7 Å². The van der Waals surface area contributed by atoms with Gasteiger partial charge in [0.2, 0.25) is 5.91 Å². The van der Waals surface area contributed by atoms with Gasteiger partial charge in [0, 0.05) is 44.2 Å². The maximum absolute atomic E-state index is 12.0. The number of carbonyl (C=O) groups excluding carboxylic acids is 1. The molecule has 0 spiro atoms. The second-order valence-electron chi connectivity index (χ2n) is 8.69. The van der Waals surface area contributed by atoms with Crippen LogP contribution in [-0.2, 0) is 4.79 Å². The SMILES string of the molecule is CCCCCCCCCCCCCC(=O)NCC(C)NCC(C)NCC(C)N. The molecule has 0 radical (unpaired) electrons.